The van der Waals surface area contributed by atoms with E-state index in [-0.39, 0.29) is 51.2 Å². The van der Waals surface area contributed by atoms with Gasteiger partial charge >= 0.3 is 18.1 Å². The maximum absolute atomic E-state index is 16.2. The molecule has 2 saturated heterocycles. The maximum Gasteiger partial charge on any atom is 0.511 e. The van der Waals surface area contributed by atoms with Crippen molar-refractivity contribution in [3.05, 3.63) is 45.6 Å². The first-order valence-corrected chi connectivity index (χ1v) is 13.4. The number of rotatable bonds is 8. The fourth-order valence-corrected chi connectivity index (χ4v) is 5.47. The van der Waals surface area contributed by atoms with Crippen LogP contribution in [0.4, 0.5) is 23.7 Å². The zero-order valence-corrected chi connectivity index (χ0v) is 22.7. The van der Waals surface area contributed by atoms with E-state index in [9.17, 15) is 19.2 Å². The summed E-state index contributed by atoms with van der Waals surface area (Å²) in [5.74, 6) is -6.87. The van der Waals surface area contributed by atoms with Crippen LogP contribution in [0.15, 0.2) is 22.8 Å². The van der Waals surface area contributed by atoms with E-state index >= 15 is 13.2 Å². The van der Waals surface area contributed by atoms with Crippen molar-refractivity contribution in [1.82, 2.24) is 9.47 Å². The molecule has 0 unspecified atom stereocenters. The van der Waals surface area contributed by atoms with Crippen LogP contribution in [0.3, 0.4) is 0 Å². The molecular weight excluding hydrogens is 567 g/mol. The van der Waals surface area contributed by atoms with E-state index in [2.05, 4.69) is 4.74 Å². The summed E-state index contributed by atoms with van der Waals surface area (Å²) in [6, 6.07) is -1.07. The van der Waals surface area contributed by atoms with Crippen LogP contribution in [0.5, 0.6) is 5.75 Å². The Morgan fingerprint density at radius 2 is 1.79 bits per heavy atom. The monoisotopic (exact) mass is 595 g/mol. The minimum Gasteiger partial charge on any atom is -0.463 e. The van der Waals surface area contributed by atoms with Crippen LogP contribution in [0.1, 0.15) is 32.7 Å². The molecule has 2 aromatic rings. The van der Waals surface area contributed by atoms with E-state index < -0.39 is 75.5 Å². The first-order valence-electron chi connectivity index (χ1n) is 13.4. The lowest BCUT2D eigenvalue weighted by Crippen LogP contribution is -2.51. The summed E-state index contributed by atoms with van der Waals surface area (Å²) < 4.78 is 69.0. The van der Waals surface area contributed by atoms with Crippen molar-refractivity contribution in [2.24, 2.45) is 0 Å². The molecule has 0 spiro atoms. The lowest BCUT2D eigenvalue weighted by Gasteiger charge is -2.38. The fraction of sp³-hybridized carbons (Fsp3) is 0.481. The molecule has 42 heavy (non-hydrogen) atoms. The maximum atomic E-state index is 16.2. The number of pyridine rings is 1. The summed E-state index contributed by atoms with van der Waals surface area (Å²) in [5, 5.41) is 8.02. The van der Waals surface area contributed by atoms with Gasteiger partial charge in [0.15, 0.2) is 23.2 Å². The molecule has 0 bridgehead atoms. The largest absolute Gasteiger partial charge is 0.511 e. The standard InChI is InChI=1S/C27H28F3N3O9/c1-3-39-18(34)9-14(26(36)40-4-2)32-7-8-41-16-11-31(10-15(16)32)24-21(29)20(28)19-23(22(24)30)33(13-5-6-13)12-17(25(19)35)42-27(37)38/h9,12-13,15-16H,3-8,10-11H2,1-2H3,(H,37,38)/t15-,16+/m0/s1. The molecule has 0 radical (unpaired) electrons. The molecule has 1 saturated carbocycles. The van der Waals surface area contributed by atoms with Crippen molar-refractivity contribution >= 4 is 34.7 Å². The number of fused-ring (bicyclic) bond motifs is 2. The molecule has 226 valence electrons. The van der Waals surface area contributed by atoms with Crippen molar-refractivity contribution in [1.29, 1.82) is 0 Å². The van der Waals surface area contributed by atoms with E-state index in [4.69, 9.17) is 19.3 Å². The number of halogens is 3. The average Bonchev–Trinajstić information content (AvgIpc) is 3.69. The van der Waals surface area contributed by atoms with Gasteiger partial charge in [-0.15, -0.1) is 0 Å². The Hall–Kier alpha value is -4.27. The number of carbonyl (C=O) groups is 3. The van der Waals surface area contributed by atoms with Gasteiger partial charge in [0.25, 0.3) is 0 Å². The number of hydrogen-bond acceptors (Lipinski definition) is 10. The number of ether oxygens (including phenoxy) is 4. The fourth-order valence-electron chi connectivity index (χ4n) is 5.47. The molecule has 12 nitrogen and oxygen atoms in total. The number of anilines is 1. The van der Waals surface area contributed by atoms with Crippen LogP contribution in [0.2, 0.25) is 0 Å². The highest BCUT2D eigenvalue weighted by Gasteiger charge is 2.45. The highest BCUT2D eigenvalue weighted by molar-refractivity contribution is 5.96. The highest BCUT2D eigenvalue weighted by atomic mass is 19.2. The second kappa shape index (κ2) is 11.5. The topological polar surface area (TPSA) is 137 Å². The van der Waals surface area contributed by atoms with Gasteiger partial charge in [-0.1, -0.05) is 0 Å². The number of nitrogens with zero attached hydrogens (tertiary/aromatic N) is 3. The zero-order valence-electron chi connectivity index (χ0n) is 22.7. The molecule has 1 N–H and O–H groups in total. The van der Waals surface area contributed by atoms with Crippen LogP contribution in [-0.4, -0.2) is 84.3 Å². The zero-order chi connectivity index (χ0) is 30.3. The molecule has 0 amide bonds. The molecule has 3 fully saturated rings. The number of esters is 2. The number of carbonyl (C=O) groups excluding carboxylic acids is 2. The highest BCUT2D eigenvalue weighted by Crippen LogP contribution is 2.42. The molecule has 1 aliphatic carbocycles. The minimum absolute atomic E-state index is 0.0261. The molecule has 3 heterocycles. The van der Waals surface area contributed by atoms with Crippen molar-refractivity contribution in [3.8, 4) is 5.75 Å². The van der Waals surface area contributed by atoms with Crippen molar-refractivity contribution < 1.29 is 51.6 Å². The second-order valence-electron chi connectivity index (χ2n) is 9.92. The predicted molar refractivity (Wildman–Crippen MR) is 139 cm³/mol. The average molecular weight is 596 g/mol. The van der Waals surface area contributed by atoms with E-state index in [0.29, 0.717) is 12.8 Å². The van der Waals surface area contributed by atoms with Crippen LogP contribution in [0.25, 0.3) is 10.9 Å². The third kappa shape index (κ3) is 5.24. The Balaban J connectivity index is 1.58. The van der Waals surface area contributed by atoms with Gasteiger partial charge in [0, 0.05) is 25.7 Å². The van der Waals surface area contributed by atoms with Crippen LogP contribution in [-0.2, 0) is 23.8 Å². The summed E-state index contributed by atoms with van der Waals surface area (Å²) in [6.07, 6.45) is 0.523. The van der Waals surface area contributed by atoms with Crippen LogP contribution >= 0.6 is 0 Å². The number of morpholine rings is 1. The summed E-state index contributed by atoms with van der Waals surface area (Å²) >= 11 is 0. The summed E-state index contributed by atoms with van der Waals surface area (Å²) in [7, 11) is 0. The van der Waals surface area contributed by atoms with E-state index in [0.717, 1.165) is 12.3 Å². The Labute approximate surface area is 236 Å². The third-order valence-corrected chi connectivity index (χ3v) is 7.33. The Morgan fingerprint density at radius 1 is 1.07 bits per heavy atom. The first-order chi connectivity index (χ1) is 20.1. The van der Waals surface area contributed by atoms with Gasteiger partial charge in [-0.25, -0.2) is 27.6 Å². The number of hydrogen-bond donors (Lipinski definition) is 1. The normalized spacial score (nSPS) is 20.5. The lowest BCUT2D eigenvalue weighted by molar-refractivity contribution is -0.144. The van der Waals surface area contributed by atoms with Gasteiger partial charge in [0.05, 0.1) is 55.1 Å². The molecular formula is C27H28F3N3O9. The predicted octanol–water partition coefficient (Wildman–Crippen LogP) is 2.71. The summed E-state index contributed by atoms with van der Waals surface area (Å²) in [6.45, 7) is 3.29. The minimum atomic E-state index is -1.84. The smallest absolute Gasteiger partial charge is 0.463 e. The Kier molecular flexibility index (Phi) is 8.03. The molecule has 15 heteroatoms. The summed E-state index contributed by atoms with van der Waals surface area (Å²) in [4.78, 5) is 51.8. The quantitative estimate of drug-likeness (QED) is 0.274. The van der Waals surface area contributed by atoms with Gasteiger partial charge in [-0.05, 0) is 26.7 Å². The molecule has 2 aliphatic heterocycles. The molecule has 5 rings (SSSR count). The lowest BCUT2D eigenvalue weighted by atomic mass is 10.1. The van der Waals surface area contributed by atoms with Crippen LogP contribution in [0, 0.1) is 17.5 Å². The van der Waals surface area contributed by atoms with Gasteiger partial charge in [-0.2, -0.15) is 0 Å². The third-order valence-electron chi connectivity index (χ3n) is 7.33. The molecule has 1 aromatic heterocycles. The van der Waals surface area contributed by atoms with Crippen molar-refractivity contribution in [2.75, 3.05) is 44.4 Å². The second-order valence-corrected chi connectivity index (χ2v) is 9.92. The van der Waals surface area contributed by atoms with E-state index in [1.165, 1.54) is 9.47 Å². The van der Waals surface area contributed by atoms with Crippen molar-refractivity contribution in [3.63, 3.8) is 0 Å². The summed E-state index contributed by atoms with van der Waals surface area (Å²) in [5.41, 5.74) is -2.68. The Bertz CT molecular complexity index is 1540. The van der Waals surface area contributed by atoms with Gasteiger partial charge in [0.1, 0.15) is 11.4 Å². The van der Waals surface area contributed by atoms with E-state index in [1.54, 1.807) is 18.7 Å². The number of carboxylic acid groups (broad SMARTS) is 1. The molecule has 2 atom stereocenters. The van der Waals surface area contributed by atoms with Gasteiger partial charge in [0.2, 0.25) is 5.43 Å². The molecule has 3 aliphatic rings. The van der Waals surface area contributed by atoms with Crippen LogP contribution < -0.4 is 15.1 Å². The van der Waals surface area contributed by atoms with Crippen molar-refractivity contribution in [2.45, 2.75) is 44.9 Å². The number of benzene rings is 1. The SMILES string of the molecule is CCOC(=O)C=C(C(=O)OCC)N1CCO[C@@H]2CN(c3c(F)c(F)c4c(=O)c(OC(=O)O)cn(C5CC5)c4c3F)C[C@@H]21. The number of aromatic nitrogens is 1. The first kappa shape index (κ1) is 29.2. The van der Waals surface area contributed by atoms with Gasteiger partial charge < -0.3 is 38.4 Å². The molecule has 1 aromatic carbocycles. The Morgan fingerprint density at radius 3 is 2.43 bits per heavy atom. The van der Waals surface area contributed by atoms with Gasteiger partial charge in [-0.3, -0.25) is 4.79 Å². The van der Waals surface area contributed by atoms with E-state index in [1.807, 2.05) is 0 Å².